The highest BCUT2D eigenvalue weighted by atomic mass is 16.7. The van der Waals surface area contributed by atoms with Crippen LogP contribution in [0.3, 0.4) is 0 Å². The Balaban J connectivity index is 1.96. The fourth-order valence-electron chi connectivity index (χ4n) is 1.68. The fraction of sp³-hybridized carbons (Fsp3) is 0.400. The number of amides is 2. The van der Waals surface area contributed by atoms with Gasteiger partial charge in [-0.2, -0.15) is 5.01 Å². The van der Waals surface area contributed by atoms with Crippen molar-refractivity contribution in [1.82, 2.24) is 15.5 Å². The summed E-state index contributed by atoms with van der Waals surface area (Å²) in [5, 5.41) is 5.04. The summed E-state index contributed by atoms with van der Waals surface area (Å²) in [5.74, 6) is -0.422. The van der Waals surface area contributed by atoms with Crippen LogP contribution < -0.4 is 11.1 Å². The highest BCUT2D eigenvalue weighted by Crippen LogP contribution is 2.11. The van der Waals surface area contributed by atoms with Crippen molar-refractivity contribution in [2.75, 3.05) is 6.54 Å². The number of carbonyl (C=O) groups excluding carboxylic acids is 2. The third-order valence-corrected chi connectivity index (χ3v) is 2.52. The number of urea groups is 1. The largest absolute Gasteiger partial charge is 0.351 e. The van der Waals surface area contributed by atoms with Crippen molar-refractivity contribution < 1.29 is 14.4 Å². The SMILES string of the molecule is NC(=O)N1C=CC=CN1OC(=O)C1CCCN1. The lowest BCUT2D eigenvalue weighted by atomic mass is 10.2. The molecule has 3 N–H and O–H groups in total. The summed E-state index contributed by atoms with van der Waals surface area (Å²) < 4.78 is 0. The van der Waals surface area contributed by atoms with E-state index in [4.69, 9.17) is 10.6 Å². The van der Waals surface area contributed by atoms with Crippen LogP contribution in [0.25, 0.3) is 0 Å². The van der Waals surface area contributed by atoms with E-state index in [9.17, 15) is 9.59 Å². The van der Waals surface area contributed by atoms with Crippen molar-refractivity contribution in [3.63, 3.8) is 0 Å². The molecule has 2 aliphatic heterocycles. The summed E-state index contributed by atoms with van der Waals surface area (Å²) in [6, 6.07) is -1.04. The van der Waals surface area contributed by atoms with Gasteiger partial charge >= 0.3 is 12.0 Å². The van der Waals surface area contributed by atoms with Gasteiger partial charge in [0.25, 0.3) is 0 Å². The number of hydrogen-bond acceptors (Lipinski definition) is 5. The van der Waals surface area contributed by atoms with Crippen molar-refractivity contribution in [2.24, 2.45) is 5.73 Å². The van der Waals surface area contributed by atoms with E-state index in [1.807, 2.05) is 0 Å². The number of hydrogen-bond donors (Lipinski definition) is 2. The molecule has 1 unspecified atom stereocenters. The average Bonchev–Trinajstić information content (AvgIpc) is 2.83. The summed E-state index contributed by atoms with van der Waals surface area (Å²) in [5.41, 5.74) is 5.14. The number of carbonyl (C=O) groups is 2. The van der Waals surface area contributed by atoms with Gasteiger partial charge in [-0.05, 0) is 31.5 Å². The summed E-state index contributed by atoms with van der Waals surface area (Å²) in [4.78, 5) is 27.9. The molecule has 2 amide bonds. The number of hydroxylamine groups is 1. The van der Waals surface area contributed by atoms with Gasteiger partial charge in [0.1, 0.15) is 6.04 Å². The molecule has 0 saturated carbocycles. The Kier molecular flexibility index (Phi) is 3.29. The van der Waals surface area contributed by atoms with Crippen LogP contribution in [0.15, 0.2) is 24.6 Å². The van der Waals surface area contributed by atoms with Crippen molar-refractivity contribution in [3.05, 3.63) is 24.6 Å². The molecule has 2 heterocycles. The number of allylic oxidation sites excluding steroid dienone is 2. The smallest absolute Gasteiger partial charge is 0.350 e. The maximum Gasteiger partial charge on any atom is 0.351 e. The lowest BCUT2D eigenvalue weighted by molar-refractivity contribution is -0.216. The average molecular weight is 238 g/mol. The monoisotopic (exact) mass is 238 g/mol. The van der Waals surface area contributed by atoms with Gasteiger partial charge < -0.3 is 15.9 Å². The minimum absolute atomic E-state index is 0.316. The lowest BCUT2D eigenvalue weighted by Crippen LogP contribution is -2.47. The van der Waals surface area contributed by atoms with Crippen molar-refractivity contribution in [1.29, 1.82) is 0 Å². The molecular formula is C10H14N4O3. The molecule has 1 saturated heterocycles. The van der Waals surface area contributed by atoms with Crippen LogP contribution in [-0.4, -0.2) is 34.8 Å². The molecule has 0 spiro atoms. The van der Waals surface area contributed by atoms with Crippen molar-refractivity contribution >= 4 is 12.0 Å². The standard InChI is InChI=1S/C10H14N4O3/c11-10(16)13-6-1-2-7-14(13)17-9(15)8-4-3-5-12-8/h1-2,6-8,12H,3-5H2,(H2,11,16). The summed E-state index contributed by atoms with van der Waals surface area (Å²) >= 11 is 0. The van der Waals surface area contributed by atoms with E-state index in [0.29, 0.717) is 0 Å². The lowest BCUT2D eigenvalue weighted by Gasteiger charge is -2.29. The van der Waals surface area contributed by atoms with Gasteiger partial charge in [-0.1, -0.05) is 0 Å². The molecule has 92 valence electrons. The molecule has 0 aromatic rings. The van der Waals surface area contributed by atoms with Crippen molar-refractivity contribution in [3.8, 4) is 0 Å². The minimum Gasteiger partial charge on any atom is -0.350 e. The first-order chi connectivity index (χ1) is 8.18. The molecule has 0 radical (unpaired) electrons. The second-order valence-electron chi connectivity index (χ2n) is 3.73. The minimum atomic E-state index is -0.724. The van der Waals surface area contributed by atoms with E-state index in [-0.39, 0.29) is 6.04 Å². The fourth-order valence-corrected chi connectivity index (χ4v) is 1.68. The van der Waals surface area contributed by atoms with Crippen LogP contribution in [0.1, 0.15) is 12.8 Å². The van der Waals surface area contributed by atoms with Gasteiger partial charge in [-0.15, -0.1) is 5.17 Å². The summed E-state index contributed by atoms with van der Waals surface area (Å²) in [7, 11) is 0. The van der Waals surface area contributed by atoms with Crippen LogP contribution in [0.2, 0.25) is 0 Å². The van der Waals surface area contributed by atoms with Crippen LogP contribution in [-0.2, 0) is 9.63 Å². The molecule has 7 nitrogen and oxygen atoms in total. The molecule has 0 aliphatic carbocycles. The predicted molar refractivity (Wildman–Crippen MR) is 58.7 cm³/mol. The zero-order valence-corrected chi connectivity index (χ0v) is 9.20. The van der Waals surface area contributed by atoms with Gasteiger partial charge in [0.2, 0.25) is 0 Å². The molecule has 1 fully saturated rings. The maximum absolute atomic E-state index is 11.7. The van der Waals surface area contributed by atoms with Crippen LogP contribution in [0.4, 0.5) is 4.79 Å². The zero-order valence-electron chi connectivity index (χ0n) is 9.20. The number of nitrogens with zero attached hydrogens (tertiary/aromatic N) is 2. The van der Waals surface area contributed by atoms with E-state index >= 15 is 0 Å². The molecule has 0 aromatic carbocycles. The van der Waals surface area contributed by atoms with Gasteiger partial charge in [-0.25, -0.2) is 9.59 Å². The Labute approximate surface area is 98.4 Å². The van der Waals surface area contributed by atoms with E-state index in [1.54, 1.807) is 12.2 Å². The van der Waals surface area contributed by atoms with Gasteiger partial charge in [-0.3, -0.25) is 0 Å². The van der Waals surface area contributed by atoms with Gasteiger partial charge in [0.05, 0.1) is 6.20 Å². The number of nitrogens with one attached hydrogen (secondary N) is 1. The first kappa shape index (κ1) is 11.5. The van der Waals surface area contributed by atoms with E-state index in [0.717, 1.165) is 29.6 Å². The Morgan fingerprint density at radius 1 is 1.35 bits per heavy atom. The first-order valence-corrected chi connectivity index (χ1v) is 5.36. The predicted octanol–water partition coefficient (Wildman–Crippen LogP) is -0.165. The van der Waals surface area contributed by atoms with E-state index in [2.05, 4.69) is 5.32 Å². The molecule has 0 aromatic heterocycles. The van der Waals surface area contributed by atoms with E-state index in [1.165, 1.54) is 12.4 Å². The number of primary amides is 1. The van der Waals surface area contributed by atoms with Crippen molar-refractivity contribution in [2.45, 2.75) is 18.9 Å². The molecule has 7 heteroatoms. The van der Waals surface area contributed by atoms with Crippen LogP contribution >= 0.6 is 0 Å². The summed E-state index contributed by atoms with van der Waals surface area (Å²) in [6.45, 7) is 0.801. The Morgan fingerprint density at radius 2 is 2.12 bits per heavy atom. The number of rotatable bonds is 2. The highest BCUT2D eigenvalue weighted by molar-refractivity contribution is 5.76. The van der Waals surface area contributed by atoms with Crippen LogP contribution in [0, 0.1) is 0 Å². The molecule has 0 bridgehead atoms. The third kappa shape index (κ3) is 2.56. The maximum atomic E-state index is 11.7. The van der Waals surface area contributed by atoms with Gasteiger partial charge in [0.15, 0.2) is 0 Å². The molecule has 17 heavy (non-hydrogen) atoms. The number of hydrazine groups is 1. The van der Waals surface area contributed by atoms with E-state index < -0.39 is 12.0 Å². The van der Waals surface area contributed by atoms with Crippen LogP contribution in [0.5, 0.6) is 0 Å². The normalized spacial score (nSPS) is 22.9. The van der Waals surface area contributed by atoms with Gasteiger partial charge in [0, 0.05) is 6.20 Å². The molecule has 2 aliphatic rings. The number of nitrogens with two attached hydrogens (primary N) is 1. The molecular weight excluding hydrogens is 224 g/mol. The Hall–Kier alpha value is -2.02. The molecule has 2 rings (SSSR count). The quantitative estimate of drug-likeness (QED) is 0.697. The molecule has 1 atom stereocenters. The highest BCUT2D eigenvalue weighted by Gasteiger charge is 2.27. The topological polar surface area (TPSA) is 87.9 Å². The second kappa shape index (κ2) is 4.88. The Bertz CT molecular complexity index is 374. The Morgan fingerprint density at radius 3 is 2.76 bits per heavy atom. The summed E-state index contributed by atoms with van der Waals surface area (Å²) in [6.07, 6.45) is 7.78. The zero-order chi connectivity index (χ0) is 12.3. The second-order valence-corrected chi connectivity index (χ2v) is 3.73. The third-order valence-electron chi connectivity index (χ3n) is 2.52. The first-order valence-electron chi connectivity index (χ1n) is 5.36.